The second-order valence-electron chi connectivity index (χ2n) is 20.9. The van der Waals surface area contributed by atoms with Crippen molar-refractivity contribution in [3.05, 3.63) is 226 Å². The van der Waals surface area contributed by atoms with Crippen molar-refractivity contribution < 1.29 is 19.8 Å². The van der Waals surface area contributed by atoms with Gasteiger partial charge in [-0.15, -0.1) is 0 Å². The van der Waals surface area contributed by atoms with Crippen molar-refractivity contribution in [1.29, 1.82) is 0 Å². The molecule has 4 atom stereocenters. The number of carbonyl (C=O) groups is 2. The van der Waals surface area contributed by atoms with Gasteiger partial charge in [-0.3, -0.25) is 9.36 Å². The number of benzene rings is 6. The third-order valence-corrected chi connectivity index (χ3v) is 15.0. The van der Waals surface area contributed by atoms with Crippen LogP contribution in [0.15, 0.2) is 170 Å². The van der Waals surface area contributed by atoms with Crippen LogP contribution in [-0.2, 0) is 35.5 Å². The van der Waals surface area contributed by atoms with Crippen LogP contribution in [0.4, 0.5) is 11.4 Å². The molecule has 0 unspecified atom stereocenters. The second kappa shape index (κ2) is 23.1. The standard InChI is InChI=1S/2C33H35N3O2/c2*1-5-35-21-29(20-34-35)27-13-16-31-28(19-27)18-23(4)36(30-14-11-25(12-15-30)22(2)3)33(31)26-9-6-24(7-10-26)8-17-32(37)38/h2*6-17,19-23,33H,5,18H2,1-4H3,(H,37,38)/b2*17-8+/t2*23-,33-/m10/s1. The molecule has 2 aliphatic heterocycles. The summed E-state index contributed by atoms with van der Waals surface area (Å²) in [6.07, 6.45) is 15.6. The van der Waals surface area contributed by atoms with Crippen LogP contribution in [0.25, 0.3) is 34.4 Å². The Kier molecular flexibility index (Phi) is 16.0. The molecule has 0 aliphatic carbocycles. The van der Waals surface area contributed by atoms with Crippen LogP contribution in [-0.4, -0.2) is 53.8 Å². The van der Waals surface area contributed by atoms with E-state index in [9.17, 15) is 9.59 Å². The number of hydrogen-bond acceptors (Lipinski definition) is 6. The van der Waals surface area contributed by atoms with Crippen molar-refractivity contribution in [2.24, 2.45) is 0 Å². The number of fused-ring (bicyclic) bond motifs is 2. The molecule has 6 aromatic carbocycles. The van der Waals surface area contributed by atoms with E-state index in [-0.39, 0.29) is 24.2 Å². The number of carboxylic acid groups (broad SMARTS) is 2. The van der Waals surface area contributed by atoms with E-state index in [1.165, 1.54) is 79.2 Å². The molecule has 0 bridgehead atoms. The van der Waals surface area contributed by atoms with Gasteiger partial charge in [0.2, 0.25) is 0 Å². The van der Waals surface area contributed by atoms with E-state index in [4.69, 9.17) is 10.2 Å². The van der Waals surface area contributed by atoms with Crippen LogP contribution in [0.1, 0.15) is 135 Å². The molecular formula is C66H70N6O4. The van der Waals surface area contributed by atoms with Crippen molar-refractivity contribution in [2.45, 2.75) is 117 Å². The summed E-state index contributed by atoms with van der Waals surface area (Å²) >= 11 is 0. The molecule has 10 rings (SSSR count). The summed E-state index contributed by atoms with van der Waals surface area (Å²) in [4.78, 5) is 27.0. The van der Waals surface area contributed by atoms with Gasteiger partial charge in [0.15, 0.2) is 0 Å². The van der Waals surface area contributed by atoms with Crippen LogP contribution in [0, 0.1) is 0 Å². The second-order valence-corrected chi connectivity index (χ2v) is 20.9. The fourth-order valence-corrected chi connectivity index (χ4v) is 10.9. The molecule has 0 saturated heterocycles. The van der Waals surface area contributed by atoms with Gasteiger partial charge < -0.3 is 20.0 Å². The normalized spacial score (nSPS) is 17.2. The molecule has 8 aromatic rings. The highest BCUT2D eigenvalue weighted by molar-refractivity contribution is 5.86. The van der Waals surface area contributed by atoms with E-state index >= 15 is 0 Å². The molecule has 76 heavy (non-hydrogen) atoms. The van der Waals surface area contributed by atoms with E-state index < -0.39 is 11.9 Å². The third kappa shape index (κ3) is 11.7. The van der Waals surface area contributed by atoms with Crippen LogP contribution in [0.5, 0.6) is 0 Å². The van der Waals surface area contributed by atoms with Crippen molar-refractivity contribution in [3.63, 3.8) is 0 Å². The average molecular weight is 1010 g/mol. The molecule has 388 valence electrons. The summed E-state index contributed by atoms with van der Waals surface area (Å²) in [5.74, 6) is -0.914. The molecular weight excluding hydrogens is 941 g/mol. The number of nitrogens with zero attached hydrogens (tertiary/aromatic N) is 6. The third-order valence-electron chi connectivity index (χ3n) is 15.0. The zero-order chi connectivity index (χ0) is 53.6. The zero-order valence-corrected chi connectivity index (χ0v) is 45.0. The van der Waals surface area contributed by atoms with Gasteiger partial charge in [0, 0.05) is 72.2 Å². The zero-order valence-electron chi connectivity index (χ0n) is 45.0. The van der Waals surface area contributed by atoms with E-state index in [0.29, 0.717) is 11.8 Å². The highest BCUT2D eigenvalue weighted by Gasteiger charge is 2.35. The highest BCUT2D eigenvalue weighted by Crippen LogP contribution is 2.44. The number of aromatic nitrogens is 4. The molecule has 2 aromatic heterocycles. The van der Waals surface area contributed by atoms with E-state index in [1.807, 2.05) is 46.0 Å². The van der Waals surface area contributed by atoms with Gasteiger partial charge >= 0.3 is 11.9 Å². The van der Waals surface area contributed by atoms with E-state index in [1.54, 1.807) is 12.2 Å². The quantitative estimate of drug-likeness (QED) is 0.103. The Balaban J connectivity index is 0.000000186. The molecule has 0 saturated carbocycles. The molecule has 2 N–H and O–H groups in total. The van der Waals surface area contributed by atoms with Gasteiger partial charge in [0.25, 0.3) is 0 Å². The summed E-state index contributed by atoms with van der Waals surface area (Å²) in [7, 11) is 0. The molecule has 10 heteroatoms. The number of rotatable bonds is 14. The Hall–Kier alpha value is -8.24. The van der Waals surface area contributed by atoms with Gasteiger partial charge in [-0.25, -0.2) is 9.59 Å². The average Bonchev–Trinajstić information content (AvgIpc) is 4.15. The van der Waals surface area contributed by atoms with Crippen molar-refractivity contribution in [3.8, 4) is 22.3 Å². The lowest BCUT2D eigenvalue weighted by atomic mass is 9.83. The van der Waals surface area contributed by atoms with Gasteiger partial charge in [-0.1, -0.05) is 137 Å². The van der Waals surface area contributed by atoms with Gasteiger partial charge in [-0.05, 0) is 156 Å². The lowest BCUT2D eigenvalue weighted by Crippen LogP contribution is -2.42. The van der Waals surface area contributed by atoms with Crippen LogP contribution >= 0.6 is 0 Å². The predicted octanol–water partition coefficient (Wildman–Crippen LogP) is 14.7. The number of aryl methyl sites for hydroxylation is 2. The van der Waals surface area contributed by atoms with E-state index in [2.05, 4.69) is 197 Å². The predicted molar refractivity (Wildman–Crippen MR) is 309 cm³/mol. The maximum absolute atomic E-state index is 11.0. The molecule has 2 aliphatic rings. The minimum atomic E-state index is -0.944. The Morgan fingerprint density at radius 1 is 0.526 bits per heavy atom. The van der Waals surface area contributed by atoms with Gasteiger partial charge in [0.1, 0.15) is 0 Å². The smallest absolute Gasteiger partial charge is 0.328 e. The first-order chi connectivity index (χ1) is 36.7. The summed E-state index contributed by atoms with van der Waals surface area (Å²) in [5.41, 5.74) is 19.2. The fraction of sp³-hybridized carbons (Fsp3) is 0.273. The SMILES string of the molecule is CCn1cc(-c2ccc3c(c2)C[C@@H](C)N(c2ccc(C(C)C)cc2)[C@@H]3c2ccc(/C=C/C(=O)O)cc2)cn1.CCn1cc(-c2ccc3c(c2)C[C@H](C)N(c2ccc(C(C)C)cc2)[C@H]3c2ccc(/C=C/C(=O)O)cc2)cn1. The molecule has 0 spiro atoms. The summed E-state index contributed by atoms with van der Waals surface area (Å²) in [6, 6.07) is 48.8. The Morgan fingerprint density at radius 2 is 0.895 bits per heavy atom. The minimum absolute atomic E-state index is 0.0450. The summed E-state index contributed by atoms with van der Waals surface area (Å²) < 4.78 is 3.92. The van der Waals surface area contributed by atoms with Crippen LogP contribution < -0.4 is 9.80 Å². The number of hydrogen-bond donors (Lipinski definition) is 2. The summed E-state index contributed by atoms with van der Waals surface area (Å²) in [5, 5.41) is 27.0. The Bertz CT molecular complexity index is 3120. The van der Waals surface area contributed by atoms with Gasteiger partial charge in [0.05, 0.1) is 24.5 Å². The monoisotopic (exact) mass is 1010 g/mol. The fourth-order valence-electron chi connectivity index (χ4n) is 10.9. The number of anilines is 2. The van der Waals surface area contributed by atoms with Crippen LogP contribution in [0.3, 0.4) is 0 Å². The van der Waals surface area contributed by atoms with Crippen molar-refractivity contribution in [1.82, 2.24) is 19.6 Å². The number of aliphatic carboxylic acids is 2. The maximum atomic E-state index is 11.0. The van der Waals surface area contributed by atoms with Crippen molar-refractivity contribution >= 4 is 35.5 Å². The Morgan fingerprint density at radius 3 is 1.21 bits per heavy atom. The molecule has 0 radical (unpaired) electrons. The first-order valence-corrected chi connectivity index (χ1v) is 26.8. The van der Waals surface area contributed by atoms with Crippen molar-refractivity contribution in [2.75, 3.05) is 9.80 Å². The maximum Gasteiger partial charge on any atom is 0.328 e. The summed E-state index contributed by atoms with van der Waals surface area (Å²) in [6.45, 7) is 19.4. The first kappa shape index (κ1) is 52.6. The van der Waals surface area contributed by atoms with Gasteiger partial charge in [-0.2, -0.15) is 10.2 Å². The topological polar surface area (TPSA) is 117 Å². The molecule has 4 heterocycles. The van der Waals surface area contributed by atoms with E-state index in [0.717, 1.165) is 48.2 Å². The molecule has 0 fully saturated rings. The molecule has 0 amide bonds. The lowest BCUT2D eigenvalue weighted by molar-refractivity contribution is -0.132. The Labute approximate surface area is 448 Å². The first-order valence-electron chi connectivity index (χ1n) is 26.8. The number of carboxylic acids is 2. The minimum Gasteiger partial charge on any atom is -0.478 e. The van der Waals surface area contributed by atoms with Crippen LogP contribution in [0.2, 0.25) is 0 Å². The highest BCUT2D eigenvalue weighted by atomic mass is 16.4. The largest absolute Gasteiger partial charge is 0.478 e. The lowest BCUT2D eigenvalue weighted by Gasteiger charge is -2.44. The molecule has 10 nitrogen and oxygen atoms in total.